The summed E-state index contributed by atoms with van der Waals surface area (Å²) in [6.45, 7) is 5.23. The van der Waals surface area contributed by atoms with E-state index >= 15 is 0 Å². The van der Waals surface area contributed by atoms with Gasteiger partial charge in [-0.15, -0.1) is 0 Å². The normalized spacial score (nSPS) is 12.8. The second kappa shape index (κ2) is 44.5. The molecule has 0 rings (SSSR count). The van der Waals surface area contributed by atoms with Crippen LogP contribution in [0, 0.1) is 0 Å². The fourth-order valence-corrected chi connectivity index (χ4v) is 6.38. The average molecular weight is 715 g/mol. The van der Waals surface area contributed by atoms with E-state index in [0.29, 0.717) is 13.0 Å². The van der Waals surface area contributed by atoms with Crippen LogP contribution in [-0.4, -0.2) is 37.0 Å². The molecule has 0 aromatic carbocycles. The van der Waals surface area contributed by atoms with Gasteiger partial charge in [0.15, 0.2) is 0 Å². The highest BCUT2D eigenvalue weighted by Gasteiger charge is 2.13. The molecule has 1 atom stereocenters. The molecule has 0 aromatic rings. The van der Waals surface area contributed by atoms with Gasteiger partial charge in [-0.05, 0) is 51.4 Å². The molecule has 0 aliphatic heterocycles. The molecule has 0 fully saturated rings. The molecule has 4 heteroatoms. The Labute approximate surface area is 318 Å². The van der Waals surface area contributed by atoms with Crippen LogP contribution in [0.2, 0.25) is 0 Å². The molecule has 0 radical (unpaired) electrons. The third-order valence-electron chi connectivity index (χ3n) is 9.67. The van der Waals surface area contributed by atoms with Crippen molar-refractivity contribution in [3.05, 3.63) is 48.6 Å². The third kappa shape index (κ3) is 42.7. The molecule has 298 valence electrons. The van der Waals surface area contributed by atoms with Gasteiger partial charge in [0.2, 0.25) is 0 Å². The number of rotatable bonds is 41. The lowest BCUT2D eigenvalue weighted by atomic mass is 10.0. The van der Waals surface area contributed by atoms with Crippen LogP contribution in [0.3, 0.4) is 0 Å². The third-order valence-corrected chi connectivity index (χ3v) is 9.67. The Balaban J connectivity index is 3.42. The highest BCUT2D eigenvalue weighted by Crippen LogP contribution is 2.15. The molecule has 0 spiro atoms. The summed E-state index contributed by atoms with van der Waals surface area (Å²) in [6, 6.07) is 0. The van der Waals surface area contributed by atoms with Crippen molar-refractivity contribution in [3.63, 3.8) is 0 Å². The van der Waals surface area contributed by atoms with Crippen LogP contribution < -0.4 is 0 Å². The second-order valence-electron chi connectivity index (χ2n) is 14.7. The topological polar surface area (TPSA) is 55.8 Å². The van der Waals surface area contributed by atoms with Crippen molar-refractivity contribution < 1.29 is 19.4 Å². The summed E-state index contributed by atoms with van der Waals surface area (Å²) in [6.07, 6.45) is 57.5. The Hall–Kier alpha value is -1.65. The first-order chi connectivity index (χ1) is 25.2. The van der Waals surface area contributed by atoms with Crippen LogP contribution in [0.15, 0.2) is 48.6 Å². The second-order valence-corrected chi connectivity index (χ2v) is 14.7. The zero-order valence-corrected chi connectivity index (χ0v) is 34.1. The quantitative estimate of drug-likeness (QED) is 0.0389. The van der Waals surface area contributed by atoms with Crippen molar-refractivity contribution in [2.75, 3.05) is 19.8 Å². The van der Waals surface area contributed by atoms with E-state index in [9.17, 15) is 9.90 Å². The fraction of sp³-hybridized carbons (Fsp3) is 0.809. The molecule has 0 bridgehead atoms. The van der Waals surface area contributed by atoms with E-state index in [1.807, 2.05) is 0 Å². The predicted octanol–water partition coefficient (Wildman–Crippen LogP) is 14.7. The first-order valence-electron chi connectivity index (χ1n) is 22.2. The maximum Gasteiger partial charge on any atom is 0.306 e. The van der Waals surface area contributed by atoms with Gasteiger partial charge in [-0.2, -0.15) is 0 Å². The number of carbonyl (C=O) groups is 1. The van der Waals surface area contributed by atoms with Crippen LogP contribution in [0.1, 0.15) is 219 Å². The largest absolute Gasteiger partial charge is 0.457 e. The minimum atomic E-state index is -0.546. The molecule has 0 aromatic heterocycles. The number of unbranched alkanes of at least 4 members (excludes halogenated alkanes) is 25. The standard InChI is InChI=1S/C47H86O4/c1-3-5-7-9-11-13-15-17-19-21-22-23-24-25-27-29-31-33-35-37-39-41-43-50-45-46(44-48)51-47(49)42-40-38-36-34-32-30-28-26-20-18-16-14-12-10-8-6-4-2/h6,8,12,14,18,20,28,30,46,48H,3-5,7,9-11,13,15-17,19,21-27,29,31-45H2,1-2H3/b8-6-,14-12-,20-18-,30-28-. The number of aliphatic hydroxyl groups excluding tert-OH is 1. The minimum absolute atomic E-state index is 0.181. The van der Waals surface area contributed by atoms with Gasteiger partial charge in [0.25, 0.3) is 0 Å². The molecule has 1 N–H and O–H groups in total. The van der Waals surface area contributed by atoms with E-state index in [1.165, 1.54) is 135 Å². The maximum absolute atomic E-state index is 12.2. The van der Waals surface area contributed by atoms with Gasteiger partial charge in [0, 0.05) is 13.0 Å². The molecule has 0 heterocycles. The van der Waals surface area contributed by atoms with E-state index in [0.717, 1.165) is 64.2 Å². The van der Waals surface area contributed by atoms with Crippen LogP contribution >= 0.6 is 0 Å². The highest BCUT2D eigenvalue weighted by molar-refractivity contribution is 5.69. The number of allylic oxidation sites excluding steroid dienone is 8. The molecule has 0 saturated heterocycles. The monoisotopic (exact) mass is 715 g/mol. The lowest BCUT2D eigenvalue weighted by Crippen LogP contribution is -2.27. The van der Waals surface area contributed by atoms with Gasteiger partial charge in [-0.3, -0.25) is 4.79 Å². The summed E-state index contributed by atoms with van der Waals surface area (Å²) in [5.41, 5.74) is 0. The Kier molecular flexibility index (Phi) is 43.1. The maximum atomic E-state index is 12.2. The number of hydrogen-bond acceptors (Lipinski definition) is 4. The molecule has 0 amide bonds. The molecule has 0 aliphatic rings. The molecule has 0 aliphatic carbocycles. The van der Waals surface area contributed by atoms with Gasteiger partial charge < -0.3 is 14.6 Å². The van der Waals surface area contributed by atoms with Crippen LogP contribution in [0.25, 0.3) is 0 Å². The van der Waals surface area contributed by atoms with E-state index in [-0.39, 0.29) is 19.2 Å². The Morgan fingerprint density at radius 1 is 0.490 bits per heavy atom. The van der Waals surface area contributed by atoms with Crippen molar-refractivity contribution in [2.45, 2.75) is 225 Å². The first-order valence-corrected chi connectivity index (χ1v) is 22.2. The van der Waals surface area contributed by atoms with Gasteiger partial charge in [-0.1, -0.05) is 210 Å². The van der Waals surface area contributed by atoms with E-state index in [2.05, 4.69) is 62.5 Å². The molecular weight excluding hydrogens is 629 g/mol. The van der Waals surface area contributed by atoms with Crippen molar-refractivity contribution >= 4 is 5.97 Å². The van der Waals surface area contributed by atoms with Crippen molar-refractivity contribution in [2.24, 2.45) is 0 Å². The van der Waals surface area contributed by atoms with Crippen molar-refractivity contribution in [1.29, 1.82) is 0 Å². The Morgan fingerprint density at radius 2 is 0.882 bits per heavy atom. The van der Waals surface area contributed by atoms with Crippen LogP contribution in [0.4, 0.5) is 0 Å². The summed E-state index contributed by atoms with van der Waals surface area (Å²) in [7, 11) is 0. The number of carbonyl (C=O) groups excluding carboxylic acids is 1. The lowest BCUT2D eigenvalue weighted by molar-refractivity contribution is -0.154. The van der Waals surface area contributed by atoms with Crippen molar-refractivity contribution in [3.8, 4) is 0 Å². The first kappa shape index (κ1) is 49.4. The van der Waals surface area contributed by atoms with E-state index in [4.69, 9.17) is 9.47 Å². The highest BCUT2D eigenvalue weighted by atomic mass is 16.6. The lowest BCUT2D eigenvalue weighted by Gasteiger charge is -2.15. The number of ether oxygens (including phenoxy) is 2. The molecule has 1 unspecified atom stereocenters. The number of esters is 1. The SMILES string of the molecule is CC/C=C\C/C=C\C/C=C\C/C=C\CCCCCCC(=O)OC(CO)COCCCCCCCCCCCCCCCCCCCCCCCC. The minimum Gasteiger partial charge on any atom is -0.457 e. The number of hydrogen-bond donors (Lipinski definition) is 1. The molecular formula is C47H86O4. The Bertz CT molecular complexity index is 798. The van der Waals surface area contributed by atoms with Gasteiger partial charge in [0.1, 0.15) is 6.10 Å². The van der Waals surface area contributed by atoms with Crippen LogP contribution in [-0.2, 0) is 14.3 Å². The summed E-state index contributed by atoms with van der Waals surface area (Å²) >= 11 is 0. The molecule has 0 saturated carbocycles. The summed E-state index contributed by atoms with van der Waals surface area (Å²) in [5, 5.41) is 9.61. The van der Waals surface area contributed by atoms with Gasteiger partial charge >= 0.3 is 5.97 Å². The summed E-state index contributed by atoms with van der Waals surface area (Å²) in [4.78, 5) is 12.2. The smallest absolute Gasteiger partial charge is 0.306 e. The van der Waals surface area contributed by atoms with E-state index < -0.39 is 6.10 Å². The van der Waals surface area contributed by atoms with Crippen molar-refractivity contribution in [1.82, 2.24) is 0 Å². The number of aliphatic hydroxyl groups is 1. The average Bonchev–Trinajstić information content (AvgIpc) is 3.14. The van der Waals surface area contributed by atoms with Crippen LogP contribution in [0.5, 0.6) is 0 Å². The molecule has 51 heavy (non-hydrogen) atoms. The van der Waals surface area contributed by atoms with E-state index in [1.54, 1.807) is 0 Å². The predicted molar refractivity (Wildman–Crippen MR) is 223 cm³/mol. The molecule has 4 nitrogen and oxygen atoms in total. The van der Waals surface area contributed by atoms with Gasteiger partial charge in [0.05, 0.1) is 13.2 Å². The Morgan fingerprint density at radius 3 is 1.33 bits per heavy atom. The van der Waals surface area contributed by atoms with Gasteiger partial charge in [-0.25, -0.2) is 0 Å². The summed E-state index contributed by atoms with van der Waals surface area (Å²) in [5.74, 6) is -0.221. The zero-order valence-electron chi connectivity index (χ0n) is 34.1. The zero-order chi connectivity index (χ0) is 37.0. The summed E-state index contributed by atoms with van der Waals surface area (Å²) < 4.78 is 11.2. The fourth-order valence-electron chi connectivity index (χ4n) is 6.38.